The number of hydrogen-bond acceptors (Lipinski definition) is 4. The molecule has 0 aliphatic carbocycles. The minimum absolute atomic E-state index is 0.0732. The van der Waals surface area contributed by atoms with Crippen molar-refractivity contribution in [3.8, 4) is 5.75 Å². The first-order valence-electron chi connectivity index (χ1n) is 6.29. The van der Waals surface area contributed by atoms with Crippen LogP contribution in [0.4, 0.5) is 5.69 Å². The van der Waals surface area contributed by atoms with Gasteiger partial charge in [0.25, 0.3) is 5.91 Å². The van der Waals surface area contributed by atoms with Gasteiger partial charge in [-0.3, -0.25) is 4.79 Å². The number of methoxy groups -OCH3 is 1. The third-order valence-electron chi connectivity index (χ3n) is 3.38. The lowest BCUT2D eigenvalue weighted by atomic mass is 10.1. The molecule has 0 fully saturated rings. The fraction of sp³-hybridized carbons (Fsp3) is 0.267. The van der Waals surface area contributed by atoms with Gasteiger partial charge in [0.1, 0.15) is 10.6 Å². The van der Waals surface area contributed by atoms with Gasteiger partial charge in [0.2, 0.25) is 0 Å². The number of amides is 1. The predicted octanol–water partition coefficient (Wildman–Crippen LogP) is 3.17. The normalized spacial score (nSPS) is 11.9. The maximum atomic E-state index is 12.5. The first kappa shape index (κ1) is 14.4. The summed E-state index contributed by atoms with van der Waals surface area (Å²) in [5.41, 5.74) is 7.31. The Morgan fingerprint density at radius 3 is 2.65 bits per heavy atom. The topological polar surface area (TPSA) is 55.6 Å². The van der Waals surface area contributed by atoms with Gasteiger partial charge >= 0.3 is 0 Å². The van der Waals surface area contributed by atoms with Crippen LogP contribution in [0.2, 0.25) is 0 Å². The summed E-state index contributed by atoms with van der Waals surface area (Å²) >= 11 is 1.36. The van der Waals surface area contributed by atoms with E-state index in [1.165, 1.54) is 11.3 Å². The van der Waals surface area contributed by atoms with Crippen molar-refractivity contribution in [3.63, 3.8) is 0 Å². The molecule has 106 valence electrons. The Balaban J connectivity index is 2.27. The van der Waals surface area contributed by atoms with Gasteiger partial charge in [-0.15, -0.1) is 11.3 Å². The average molecular weight is 290 g/mol. The summed E-state index contributed by atoms with van der Waals surface area (Å²) < 4.78 is 5.35. The number of carbonyl (C=O) groups is 1. The molecule has 0 radical (unpaired) electrons. The number of nitrogens with zero attached hydrogens (tertiary/aromatic N) is 1. The molecule has 20 heavy (non-hydrogen) atoms. The molecule has 0 saturated carbocycles. The molecular formula is C15H18N2O2S. The van der Waals surface area contributed by atoms with Crippen LogP contribution in [0.25, 0.3) is 0 Å². The Bertz CT molecular complexity index is 609. The standard InChI is InChI=1S/C15H18N2O2S/c1-10(11-6-4-5-7-13(11)19-3)17(2)15(18)14-12(16)8-9-20-14/h4-10H,16H2,1-3H3. The second-order valence-corrected chi connectivity index (χ2v) is 5.46. The van der Waals surface area contributed by atoms with Crippen LogP contribution in [0.5, 0.6) is 5.75 Å². The van der Waals surface area contributed by atoms with Crippen LogP contribution in [0, 0.1) is 0 Å². The van der Waals surface area contributed by atoms with Crippen LogP contribution in [0.3, 0.4) is 0 Å². The summed E-state index contributed by atoms with van der Waals surface area (Å²) in [6.07, 6.45) is 0. The van der Waals surface area contributed by atoms with E-state index in [9.17, 15) is 4.79 Å². The van der Waals surface area contributed by atoms with E-state index in [0.717, 1.165) is 11.3 Å². The average Bonchev–Trinajstić information content (AvgIpc) is 2.91. The minimum Gasteiger partial charge on any atom is -0.496 e. The minimum atomic E-state index is -0.0971. The molecule has 0 spiro atoms. The number of benzene rings is 1. The number of anilines is 1. The summed E-state index contributed by atoms with van der Waals surface area (Å²) in [6, 6.07) is 9.36. The van der Waals surface area contributed by atoms with E-state index in [1.807, 2.05) is 36.6 Å². The van der Waals surface area contributed by atoms with E-state index >= 15 is 0 Å². The SMILES string of the molecule is COc1ccccc1C(C)N(C)C(=O)c1sccc1N. The monoisotopic (exact) mass is 290 g/mol. The van der Waals surface area contributed by atoms with Crippen molar-refractivity contribution in [2.45, 2.75) is 13.0 Å². The van der Waals surface area contributed by atoms with Crippen LogP contribution >= 0.6 is 11.3 Å². The maximum absolute atomic E-state index is 12.5. The number of hydrogen-bond donors (Lipinski definition) is 1. The van der Waals surface area contributed by atoms with E-state index in [2.05, 4.69) is 0 Å². The molecule has 0 saturated heterocycles. The van der Waals surface area contributed by atoms with E-state index in [1.54, 1.807) is 25.1 Å². The molecule has 4 nitrogen and oxygen atoms in total. The fourth-order valence-corrected chi connectivity index (χ4v) is 2.85. The molecule has 1 aromatic carbocycles. The van der Waals surface area contributed by atoms with Crippen LogP contribution in [0.15, 0.2) is 35.7 Å². The zero-order chi connectivity index (χ0) is 14.7. The van der Waals surface area contributed by atoms with Gasteiger partial charge in [-0.2, -0.15) is 0 Å². The first-order valence-corrected chi connectivity index (χ1v) is 7.17. The molecule has 1 heterocycles. The Morgan fingerprint density at radius 1 is 1.35 bits per heavy atom. The third-order valence-corrected chi connectivity index (χ3v) is 4.30. The highest BCUT2D eigenvalue weighted by molar-refractivity contribution is 7.12. The summed E-state index contributed by atoms with van der Waals surface area (Å²) in [6.45, 7) is 1.97. The highest BCUT2D eigenvalue weighted by atomic mass is 32.1. The molecule has 2 aromatic rings. The maximum Gasteiger partial charge on any atom is 0.266 e. The summed E-state index contributed by atoms with van der Waals surface area (Å²) in [4.78, 5) is 14.7. The van der Waals surface area contributed by atoms with Gasteiger partial charge < -0.3 is 15.4 Å². The van der Waals surface area contributed by atoms with E-state index < -0.39 is 0 Å². The summed E-state index contributed by atoms with van der Waals surface area (Å²) in [7, 11) is 3.41. The molecule has 1 aromatic heterocycles. The van der Waals surface area contributed by atoms with Crippen molar-refractivity contribution in [1.82, 2.24) is 4.90 Å². The van der Waals surface area contributed by atoms with Crippen molar-refractivity contribution >= 4 is 22.9 Å². The quantitative estimate of drug-likeness (QED) is 0.941. The molecule has 1 atom stereocenters. The molecule has 0 aliphatic heterocycles. The fourth-order valence-electron chi connectivity index (χ4n) is 2.05. The van der Waals surface area contributed by atoms with Crippen LogP contribution in [-0.2, 0) is 0 Å². The number of ether oxygens (including phenoxy) is 1. The molecule has 2 N–H and O–H groups in total. The third kappa shape index (κ3) is 2.63. The van der Waals surface area contributed by atoms with Crippen molar-refractivity contribution in [2.24, 2.45) is 0 Å². The summed E-state index contributed by atoms with van der Waals surface area (Å²) in [5.74, 6) is 0.703. The van der Waals surface area contributed by atoms with Crippen molar-refractivity contribution in [1.29, 1.82) is 0 Å². The lowest BCUT2D eigenvalue weighted by molar-refractivity contribution is 0.0747. The largest absolute Gasteiger partial charge is 0.496 e. The molecular weight excluding hydrogens is 272 g/mol. The van der Waals surface area contributed by atoms with Crippen molar-refractivity contribution in [2.75, 3.05) is 19.9 Å². The molecule has 1 amide bonds. The second kappa shape index (κ2) is 5.96. The number of nitrogen functional groups attached to an aromatic ring is 1. The highest BCUT2D eigenvalue weighted by Crippen LogP contribution is 2.30. The Morgan fingerprint density at radius 2 is 2.05 bits per heavy atom. The van der Waals surface area contributed by atoms with Crippen LogP contribution < -0.4 is 10.5 Å². The Kier molecular flexibility index (Phi) is 4.29. The lowest BCUT2D eigenvalue weighted by Gasteiger charge is -2.26. The van der Waals surface area contributed by atoms with Crippen LogP contribution in [-0.4, -0.2) is 25.0 Å². The molecule has 5 heteroatoms. The number of rotatable bonds is 4. The van der Waals surface area contributed by atoms with Crippen molar-refractivity contribution in [3.05, 3.63) is 46.2 Å². The van der Waals surface area contributed by atoms with Crippen LogP contribution in [0.1, 0.15) is 28.2 Å². The predicted molar refractivity (Wildman–Crippen MR) is 82.2 cm³/mol. The zero-order valence-electron chi connectivity index (χ0n) is 11.8. The molecule has 1 unspecified atom stereocenters. The smallest absolute Gasteiger partial charge is 0.266 e. The van der Waals surface area contributed by atoms with E-state index in [-0.39, 0.29) is 11.9 Å². The van der Waals surface area contributed by atoms with Gasteiger partial charge in [0.15, 0.2) is 0 Å². The number of carbonyl (C=O) groups excluding carboxylic acids is 1. The van der Waals surface area contributed by atoms with Gasteiger partial charge in [-0.1, -0.05) is 18.2 Å². The number of para-hydroxylation sites is 1. The van der Waals surface area contributed by atoms with Gasteiger partial charge in [0, 0.05) is 12.6 Å². The summed E-state index contributed by atoms with van der Waals surface area (Å²) in [5, 5.41) is 1.82. The Labute approximate surface area is 122 Å². The lowest BCUT2D eigenvalue weighted by Crippen LogP contribution is -2.29. The molecule has 0 bridgehead atoms. The number of thiophene rings is 1. The van der Waals surface area contributed by atoms with Gasteiger partial charge in [-0.05, 0) is 24.4 Å². The first-order chi connectivity index (χ1) is 9.56. The second-order valence-electron chi connectivity index (χ2n) is 4.54. The number of nitrogens with two attached hydrogens (primary N) is 1. The van der Waals surface area contributed by atoms with E-state index in [0.29, 0.717) is 10.6 Å². The van der Waals surface area contributed by atoms with E-state index in [4.69, 9.17) is 10.5 Å². The van der Waals surface area contributed by atoms with Crippen molar-refractivity contribution < 1.29 is 9.53 Å². The van der Waals surface area contributed by atoms with Gasteiger partial charge in [0.05, 0.1) is 18.8 Å². The molecule has 0 aliphatic rings. The van der Waals surface area contributed by atoms with Gasteiger partial charge in [-0.25, -0.2) is 0 Å². The Hall–Kier alpha value is -2.01. The molecule has 2 rings (SSSR count). The highest BCUT2D eigenvalue weighted by Gasteiger charge is 2.23. The zero-order valence-corrected chi connectivity index (χ0v) is 12.6.